The predicted molar refractivity (Wildman–Crippen MR) is 71.9 cm³/mol. The first-order valence-electron chi connectivity index (χ1n) is 5.93. The Kier molecular flexibility index (Phi) is 5.03. The number of carbonyl (C=O) groups is 1. The lowest BCUT2D eigenvalue weighted by Crippen LogP contribution is -2.43. The lowest BCUT2D eigenvalue weighted by molar-refractivity contribution is -0.195. The molecule has 6 heteroatoms. The first-order chi connectivity index (χ1) is 8.27. The van der Waals surface area contributed by atoms with Gasteiger partial charge in [0, 0.05) is 26.0 Å². The van der Waals surface area contributed by atoms with E-state index < -0.39 is 11.4 Å². The maximum Gasteiger partial charge on any atom is 0.410 e. The zero-order valence-corrected chi connectivity index (χ0v) is 13.2. The molecule has 0 N–H and O–H groups in total. The third kappa shape index (κ3) is 3.59. The Labute approximate surface area is 117 Å². The molecule has 0 aliphatic carbocycles. The fourth-order valence-corrected chi connectivity index (χ4v) is 2.55. The second-order valence-corrected chi connectivity index (χ2v) is 6.09. The molecule has 1 atom stereocenters. The summed E-state index contributed by atoms with van der Waals surface area (Å²) in [5, 5.41) is 0.667. The van der Waals surface area contributed by atoms with E-state index in [1.807, 2.05) is 20.8 Å². The Hall–Kier alpha value is -0.330. The summed E-state index contributed by atoms with van der Waals surface area (Å²) in [5.74, 6) is -0.727. The molecule has 18 heavy (non-hydrogen) atoms. The van der Waals surface area contributed by atoms with Gasteiger partial charge in [-0.15, -0.1) is 0 Å². The van der Waals surface area contributed by atoms with Gasteiger partial charge in [0.15, 0.2) is 5.79 Å². The number of likely N-dealkylation sites (tertiary alicyclic amines) is 1. The molecule has 1 saturated heterocycles. The largest absolute Gasteiger partial charge is 0.444 e. The molecule has 1 amide bonds. The van der Waals surface area contributed by atoms with Crippen LogP contribution in [0.15, 0.2) is 0 Å². The highest BCUT2D eigenvalue weighted by molar-refractivity contribution is 9.09. The van der Waals surface area contributed by atoms with Gasteiger partial charge >= 0.3 is 6.09 Å². The van der Waals surface area contributed by atoms with Crippen molar-refractivity contribution in [2.24, 2.45) is 0 Å². The van der Waals surface area contributed by atoms with Crippen LogP contribution < -0.4 is 0 Å². The molecule has 0 bridgehead atoms. The fraction of sp³-hybridized carbons (Fsp3) is 0.917. The number of rotatable bonds is 3. The fourth-order valence-electron chi connectivity index (χ4n) is 1.97. The topological polar surface area (TPSA) is 48.0 Å². The highest BCUT2D eigenvalue weighted by Gasteiger charge is 2.47. The maximum atomic E-state index is 12.1. The number of methoxy groups -OCH3 is 2. The van der Waals surface area contributed by atoms with Gasteiger partial charge in [0.25, 0.3) is 0 Å². The van der Waals surface area contributed by atoms with Crippen LogP contribution in [0.4, 0.5) is 4.79 Å². The van der Waals surface area contributed by atoms with Crippen molar-refractivity contribution in [2.45, 2.75) is 44.6 Å². The molecule has 1 aliphatic rings. The van der Waals surface area contributed by atoms with Gasteiger partial charge in [-0.25, -0.2) is 4.79 Å². The summed E-state index contributed by atoms with van der Waals surface area (Å²) in [4.78, 5) is 13.8. The molecule has 1 aliphatic heterocycles. The van der Waals surface area contributed by atoms with Gasteiger partial charge in [-0.2, -0.15) is 0 Å². The summed E-state index contributed by atoms with van der Waals surface area (Å²) in [5.41, 5.74) is -0.501. The number of alkyl halides is 1. The van der Waals surface area contributed by atoms with Crippen LogP contribution in [-0.2, 0) is 14.2 Å². The Morgan fingerprint density at radius 3 is 2.33 bits per heavy atom. The minimum Gasteiger partial charge on any atom is -0.444 e. The van der Waals surface area contributed by atoms with Gasteiger partial charge in [0.1, 0.15) is 5.60 Å². The van der Waals surface area contributed by atoms with Crippen LogP contribution in [0.2, 0.25) is 0 Å². The summed E-state index contributed by atoms with van der Waals surface area (Å²) in [6.07, 6.45) is 0.299. The average Bonchev–Trinajstić information content (AvgIpc) is 2.67. The standard InChI is InChI=1S/C12H22BrNO4/c1-11(2,3)18-10(15)14-8-12(16-4,17-5)6-9(14)7-13/h9H,6-8H2,1-5H3/t9-/m0/s1. The molecule has 0 unspecified atom stereocenters. The summed E-state index contributed by atoms with van der Waals surface area (Å²) in [7, 11) is 3.18. The number of ether oxygens (including phenoxy) is 3. The summed E-state index contributed by atoms with van der Waals surface area (Å²) >= 11 is 3.41. The molecule has 0 saturated carbocycles. The van der Waals surface area contributed by atoms with Crippen LogP contribution in [0.1, 0.15) is 27.2 Å². The van der Waals surface area contributed by atoms with Gasteiger partial charge in [-0.1, -0.05) is 15.9 Å². The number of nitrogens with zero attached hydrogens (tertiary/aromatic N) is 1. The number of carbonyl (C=O) groups excluding carboxylic acids is 1. The molecule has 0 aromatic carbocycles. The van der Waals surface area contributed by atoms with Crippen LogP contribution in [0.5, 0.6) is 0 Å². The van der Waals surface area contributed by atoms with Crippen molar-refractivity contribution >= 4 is 22.0 Å². The van der Waals surface area contributed by atoms with Crippen molar-refractivity contribution < 1.29 is 19.0 Å². The minimum absolute atomic E-state index is 0.0137. The van der Waals surface area contributed by atoms with Crippen molar-refractivity contribution in [3.63, 3.8) is 0 Å². The van der Waals surface area contributed by atoms with E-state index in [0.717, 1.165) is 0 Å². The zero-order chi connectivity index (χ0) is 14.0. The molecule has 0 radical (unpaired) electrons. The quantitative estimate of drug-likeness (QED) is 0.591. The van der Waals surface area contributed by atoms with Crippen molar-refractivity contribution in [3.05, 3.63) is 0 Å². The van der Waals surface area contributed by atoms with Gasteiger partial charge in [-0.3, -0.25) is 4.90 Å². The SMILES string of the molecule is COC1(OC)C[C@@H](CBr)N(C(=O)OC(C)(C)C)C1. The molecular formula is C12H22BrNO4. The first kappa shape index (κ1) is 15.7. The number of amides is 1. The van der Waals surface area contributed by atoms with Crippen LogP contribution in [0, 0.1) is 0 Å². The molecule has 106 valence electrons. The molecule has 0 aromatic heterocycles. The van der Waals surface area contributed by atoms with Gasteiger partial charge in [0.2, 0.25) is 0 Å². The molecule has 5 nitrogen and oxygen atoms in total. The highest BCUT2D eigenvalue weighted by atomic mass is 79.9. The molecule has 0 aromatic rings. The maximum absolute atomic E-state index is 12.1. The van der Waals surface area contributed by atoms with Crippen LogP contribution in [0.3, 0.4) is 0 Å². The van der Waals surface area contributed by atoms with E-state index in [1.54, 1.807) is 19.1 Å². The van der Waals surface area contributed by atoms with E-state index in [4.69, 9.17) is 14.2 Å². The molecule has 1 fully saturated rings. The second-order valence-electron chi connectivity index (χ2n) is 5.44. The Morgan fingerprint density at radius 2 is 1.94 bits per heavy atom. The van der Waals surface area contributed by atoms with E-state index in [1.165, 1.54) is 0 Å². The van der Waals surface area contributed by atoms with Crippen molar-refractivity contribution in [2.75, 3.05) is 26.1 Å². The van der Waals surface area contributed by atoms with Gasteiger partial charge in [0.05, 0.1) is 12.6 Å². The molecule has 0 spiro atoms. The van der Waals surface area contributed by atoms with Crippen molar-refractivity contribution in [1.82, 2.24) is 4.90 Å². The minimum atomic E-state index is -0.727. The first-order valence-corrected chi connectivity index (χ1v) is 7.05. The van der Waals surface area contributed by atoms with Crippen molar-refractivity contribution in [1.29, 1.82) is 0 Å². The Morgan fingerprint density at radius 1 is 1.39 bits per heavy atom. The molecular weight excluding hydrogens is 302 g/mol. The summed E-state index contributed by atoms with van der Waals surface area (Å²) in [6.45, 7) is 5.93. The monoisotopic (exact) mass is 323 g/mol. The summed E-state index contributed by atoms with van der Waals surface area (Å²) in [6, 6.07) is 0.0137. The van der Waals surface area contributed by atoms with E-state index in [9.17, 15) is 4.79 Å². The smallest absolute Gasteiger partial charge is 0.410 e. The highest BCUT2D eigenvalue weighted by Crippen LogP contribution is 2.32. The van der Waals surface area contributed by atoms with Gasteiger partial charge < -0.3 is 14.2 Å². The third-order valence-corrected chi connectivity index (χ3v) is 3.70. The molecule has 1 rings (SSSR count). The Bertz CT molecular complexity index is 299. The van der Waals surface area contributed by atoms with E-state index >= 15 is 0 Å². The van der Waals surface area contributed by atoms with Gasteiger partial charge in [-0.05, 0) is 20.8 Å². The van der Waals surface area contributed by atoms with E-state index in [0.29, 0.717) is 18.3 Å². The average molecular weight is 324 g/mol. The van der Waals surface area contributed by atoms with Crippen LogP contribution in [0.25, 0.3) is 0 Å². The second kappa shape index (κ2) is 5.75. The van der Waals surface area contributed by atoms with Crippen molar-refractivity contribution in [3.8, 4) is 0 Å². The van der Waals surface area contributed by atoms with E-state index in [-0.39, 0.29) is 12.1 Å². The normalized spacial score (nSPS) is 23.2. The predicted octanol–water partition coefficient (Wildman–Crippen LogP) is 2.38. The zero-order valence-electron chi connectivity index (χ0n) is 11.7. The van der Waals surface area contributed by atoms with Crippen LogP contribution in [-0.4, -0.2) is 54.5 Å². The van der Waals surface area contributed by atoms with Crippen LogP contribution >= 0.6 is 15.9 Å². The lowest BCUT2D eigenvalue weighted by Gasteiger charge is -2.28. The lowest BCUT2D eigenvalue weighted by atomic mass is 10.2. The summed E-state index contributed by atoms with van der Waals surface area (Å²) < 4.78 is 16.2. The van der Waals surface area contributed by atoms with E-state index in [2.05, 4.69) is 15.9 Å². The molecule has 1 heterocycles. The number of hydrogen-bond donors (Lipinski definition) is 0. The number of hydrogen-bond acceptors (Lipinski definition) is 4. The third-order valence-electron chi connectivity index (χ3n) is 2.95. The Balaban J connectivity index is 2.79. The number of halogens is 1.